The second-order valence-electron chi connectivity index (χ2n) is 5.70. The van der Waals surface area contributed by atoms with Gasteiger partial charge in [0.25, 0.3) is 5.69 Å². The number of nitrogens with zero attached hydrogens (tertiary/aromatic N) is 2. The standard InChI is InChI=1S/C18H15N3O2/c22-21(23)15-7-3-6-13(11-15)18-17-9-4-10-20(17)16-8-2-1-5-14(16)12-19-18/h1-11,18-19H,12H2/p+1/t18-/m0/s1. The molecule has 0 saturated heterocycles. The van der Waals surface area contributed by atoms with Crippen LogP contribution >= 0.6 is 0 Å². The molecule has 0 fully saturated rings. The lowest BCUT2D eigenvalue weighted by atomic mass is 10.0. The number of nitrogens with two attached hydrogens (primary N) is 1. The number of rotatable bonds is 2. The molecular weight excluding hydrogens is 290 g/mol. The van der Waals surface area contributed by atoms with Crippen LogP contribution in [0.3, 0.4) is 0 Å². The van der Waals surface area contributed by atoms with Gasteiger partial charge in [0, 0.05) is 29.5 Å². The molecule has 0 radical (unpaired) electrons. The molecule has 0 amide bonds. The van der Waals surface area contributed by atoms with Crippen LogP contribution in [0.25, 0.3) is 5.69 Å². The van der Waals surface area contributed by atoms with Crippen molar-refractivity contribution in [3.63, 3.8) is 0 Å². The minimum atomic E-state index is -0.339. The molecule has 4 rings (SSSR count). The van der Waals surface area contributed by atoms with Gasteiger partial charge in [0.2, 0.25) is 0 Å². The van der Waals surface area contributed by atoms with Gasteiger partial charge in [-0.3, -0.25) is 10.1 Å². The second-order valence-corrected chi connectivity index (χ2v) is 5.70. The Morgan fingerprint density at radius 1 is 1.09 bits per heavy atom. The van der Waals surface area contributed by atoms with Crippen LogP contribution in [-0.2, 0) is 6.54 Å². The van der Waals surface area contributed by atoms with Crippen molar-refractivity contribution in [3.8, 4) is 5.69 Å². The van der Waals surface area contributed by atoms with Gasteiger partial charge in [-0.1, -0.05) is 30.3 Å². The molecule has 2 heterocycles. The number of aromatic nitrogens is 1. The van der Waals surface area contributed by atoms with Crippen molar-refractivity contribution < 1.29 is 10.2 Å². The predicted octanol–water partition coefficient (Wildman–Crippen LogP) is 2.55. The average Bonchev–Trinajstić information content (AvgIpc) is 2.99. The summed E-state index contributed by atoms with van der Waals surface area (Å²) in [7, 11) is 0. The third-order valence-electron chi connectivity index (χ3n) is 4.36. The van der Waals surface area contributed by atoms with E-state index in [9.17, 15) is 10.1 Å². The quantitative estimate of drug-likeness (QED) is 0.584. The number of quaternary nitrogens is 1. The first-order chi connectivity index (χ1) is 11.2. The van der Waals surface area contributed by atoms with Crippen LogP contribution in [0, 0.1) is 10.1 Å². The molecule has 2 N–H and O–H groups in total. The molecular formula is C18H16N3O2+. The Morgan fingerprint density at radius 2 is 1.96 bits per heavy atom. The molecule has 0 unspecified atom stereocenters. The topological polar surface area (TPSA) is 64.7 Å². The molecule has 1 aromatic heterocycles. The third-order valence-corrected chi connectivity index (χ3v) is 4.36. The van der Waals surface area contributed by atoms with E-state index in [-0.39, 0.29) is 16.7 Å². The summed E-state index contributed by atoms with van der Waals surface area (Å²) in [5, 5.41) is 13.3. The summed E-state index contributed by atoms with van der Waals surface area (Å²) in [6, 6.07) is 19.4. The summed E-state index contributed by atoms with van der Waals surface area (Å²) in [6.07, 6.45) is 2.05. The van der Waals surface area contributed by atoms with E-state index in [0.717, 1.165) is 17.8 Å². The highest BCUT2D eigenvalue weighted by Gasteiger charge is 2.26. The lowest BCUT2D eigenvalue weighted by Crippen LogP contribution is -2.83. The largest absolute Gasteiger partial charge is 0.331 e. The Balaban J connectivity index is 1.84. The SMILES string of the molecule is O=[N+]([O-])c1cccc([C@@H]2[NH2+]Cc3ccccc3-n3cccc32)c1. The van der Waals surface area contributed by atoms with Gasteiger partial charge in [-0.05, 0) is 18.2 Å². The zero-order valence-electron chi connectivity index (χ0n) is 12.4. The normalized spacial score (nSPS) is 16.3. The van der Waals surface area contributed by atoms with E-state index in [4.69, 9.17) is 0 Å². The Morgan fingerprint density at radius 3 is 2.83 bits per heavy atom. The van der Waals surface area contributed by atoms with E-state index in [2.05, 4.69) is 34.3 Å². The zero-order valence-corrected chi connectivity index (χ0v) is 12.4. The fourth-order valence-corrected chi connectivity index (χ4v) is 3.29. The number of nitro benzene ring substituents is 1. The van der Waals surface area contributed by atoms with E-state index < -0.39 is 0 Å². The Hall–Kier alpha value is -2.92. The minimum absolute atomic E-state index is 0.0392. The maximum atomic E-state index is 11.1. The fourth-order valence-electron chi connectivity index (χ4n) is 3.29. The van der Waals surface area contributed by atoms with Crippen molar-refractivity contribution >= 4 is 5.69 Å². The van der Waals surface area contributed by atoms with Crippen LogP contribution in [0.5, 0.6) is 0 Å². The van der Waals surface area contributed by atoms with Gasteiger partial charge in [-0.15, -0.1) is 0 Å². The smallest absolute Gasteiger partial charge is 0.269 e. The molecule has 0 bridgehead atoms. The number of fused-ring (bicyclic) bond motifs is 3. The summed E-state index contributed by atoms with van der Waals surface area (Å²) in [6.45, 7) is 0.839. The maximum absolute atomic E-state index is 11.1. The molecule has 5 nitrogen and oxygen atoms in total. The lowest BCUT2D eigenvalue weighted by molar-refractivity contribution is -0.702. The number of nitro groups is 1. The van der Waals surface area contributed by atoms with Crippen LogP contribution in [0.1, 0.15) is 22.9 Å². The van der Waals surface area contributed by atoms with E-state index in [1.807, 2.05) is 24.3 Å². The molecule has 2 aromatic carbocycles. The van der Waals surface area contributed by atoms with Crippen LogP contribution in [0.2, 0.25) is 0 Å². The molecule has 23 heavy (non-hydrogen) atoms. The van der Waals surface area contributed by atoms with Gasteiger partial charge >= 0.3 is 0 Å². The molecule has 1 aliphatic rings. The van der Waals surface area contributed by atoms with Gasteiger partial charge in [-0.2, -0.15) is 0 Å². The molecule has 1 atom stereocenters. The van der Waals surface area contributed by atoms with Gasteiger partial charge < -0.3 is 9.88 Å². The average molecular weight is 306 g/mol. The van der Waals surface area contributed by atoms with Gasteiger partial charge in [0.15, 0.2) is 6.04 Å². The summed E-state index contributed by atoms with van der Waals surface area (Å²) in [5.41, 5.74) is 4.66. The van der Waals surface area contributed by atoms with Crippen molar-refractivity contribution in [2.24, 2.45) is 0 Å². The molecule has 0 saturated carbocycles. The van der Waals surface area contributed by atoms with E-state index in [1.165, 1.54) is 17.3 Å². The fraction of sp³-hybridized carbons (Fsp3) is 0.111. The monoisotopic (exact) mass is 306 g/mol. The molecule has 0 aliphatic carbocycles. The third kappa shape index (κ3) is 2.31. The summed E-state index contributed by atoms with van der Waals surface area (Å²) >= 11 is 0. The highest BCUT2D eigenvalue weighted by Crippen LogP contribution is 2.28. The molecule has 0 spiro atoms. The second kappa shape index (κ2) is 5.37. The van der Waals surface area contributed by atoms with Gasteiger partial charge in [-0.25, -0.2) is 0 Å². The number of benzene rings is 2. The first kappa shape index (κ1) is 13.7. The van der Waals surface area contributed by atoms with Crippen molar-refractivity contribution in [2.45, 2.75) is 12.6 Å². The minimum Gasteiger partial charge on any atom is -0.331 e. The Kier molecular flexibility index (Phi) is 3.20. The molecule has 114 valence electrons. The van der Waals surface area contributed by atoms with Crippen molar-refractivity contribution in [2.75, 3.05) is 0 Å². The maximum Gasteiger partial charge on any atom is 0.269 e. The van der Waals surface area contributed by atoms with Crippen LogP contribution in [0.15, 0.2) is 66.9 Å². The molecule has 3 aromatic rings. The number of para-hydroxylation sites is 1. The highest BCUT2D eigenvalue weighted by molar-refractivity contribution is 5.46. The van der Waals surface area contributed by atoms with Crippen molar-refractivity contribution in [1.29, 1.82) is 0 Å². The molecule has 1 aliphatic heterocycles. The van der Waals surface area contributed by atoms with Crippen LogP contribution in [-0.4, -0.2) is 9.49 Å². The Bertz CT molecular complexity index is 885. The predicted molar refractivity (Wildman–Crippen MR) is 86.3 cm³/mol. The number of non-ortho nitro benzene ring substituents is 1. The highest BCUT2D eigenvalue weighted by atomic mass is 16.6. The number of hydrogen-bond donors (Lipinski definition) is 1. The summed E-state index contributed by atoms with van der Waals surface area (Å²) in [5.74, 6) is 0. The lowest BCUT2D eigenvalue weighted by Gasteiger charge is -2.14. The van der Waals surface area contributed by atoms with E-state index in [1.54, 1.807) is 12.1 Å². The van der Waals surface area contributed by atoms with Gasteiger partial charge in [0.1, 0.15) is 6.54 Å². The van der Waals surface area contributed by atoms with E-state index in [0.29, 0.717) is 0 Å². The van der Waals surface area contributed by atoms with Crippen molar-refractivity contribution in [3.05, 3.63) is 93.8 Å². The zero-order chi connectivity index (χ0) is 15.8. The van der Waals surface area contributed by atoms with Crippen molar-refractivity contribution in [1.82, 2.24) is 4.57 Å². The summed E-state index contributed by atoms with van der Waals surface area (Å²) in [4.78, 5) is 10.7. The first-order valence-electron chi connectivity index (χ1n) is 7.57. The van der Waals surface area contributed by atoms with Crippen LogP contribution in [0.4, 0.5) is 5.69 Å². The van der Waals surface area contributed by atoms with Gasteiger partial charge in [0.05, 0.1) is 16.3 Å². The number of hydrogen-bond acceptors (Lipinski definition) is 2. The first-order valence-corrected chi connectivity index (χ1v) is 7.57. The Labute approximate surface area is 133 Å². The summed E-state index contributed by atoms with van der Waals surface area (Å²) < 4.78 is 2.18. The van der Waals surface area contributed by atoms with E-state index >= 15 is 0 Å². The van der Waals surface area contributed by atoms with Crippen LogP contribution < -0.4 is 5.32 Å². The molecule has 5 heteroatoms.